The van der Waals surface area contributed by atoms with Gasteiger partial charge in [0.1, 0.15) is 12.4 Å². The predicted octanol–water partition coefficient (Wildman–Crippen LogP) is 2.89. The van der Waals surface area contributed by atoms with Crippen LogP contribution in [0.1, 0.15) is 22.8 Å². The molecule has 1 aliphatic rings. The molecule has 2 amide bonds. The lowest BCUT2D eigenvalue weighted by Gasteiger charge is -2.39. The number of piperazine rings is 1. The van der Waals surface area contributed by atoms with Crippen molar-refractivity contribution in [2.45, 2.75) is 26.1 Å². The van der Waals surface area contributed by atoms with Crippen LogP contribution in [0.15, 0.2) is 48.8 Å². The fourth-order valence-corrected chi connectivity index (χ4v) is 4.56. The van der Waals surface area contributed by atoms with Gasteiger partial charge in [0.2, 0.25) is 11.9 Å². The maximum atomic E-state index is 15.9. The van der Waals surface area contributed by atoms with Crippen LogP contribution in [0, 0.1) is 5.82 Å². The number of nitrogens with zero attached hydrogens (tertiary/aromatic N) is 4. The number of halogens is 3. The fourth-order valence-electron chi connectivity index (χ4n) is 4.56. The fraction of sp³-hybridized carbons (Fsp3) is 0.333. The summed E-state index contributed by atoms with van der Waals surface area (Å²) in [7, 11) is 1.41. The van der Waals surface area contributed by atoms with E-state index >= 15 is 4.39 Å². The maximum absolute atomic E-state index is 15.9. The smallest absolute Gasteiger partial charge is 0.387 e. The summed E-state index contributed by atoms with van der Waals surface area (Å²) in [4.78, 5) is 36.6. The number of para-hydroxylation sites is 1. The highest BCUT2D eigenvalue weighted by molar-refractivity contribution is 6.00. The van der Waals surface area contributed by atoms with Crippen LogP contribution in [0.5, 0.6) is 5.75 Å². The van der Waals surface area contributed by atoms with Gasteiger partial charge in [-0.1, -0.05) is 24.3 Å². The Labute approximate surface area is 228 Å². The van der Waals surface area contributed by atoms with Gasteiger partial charge in [0.05, 0.1) is 11.3 Å². The summed E-state index contributed by atoms with van der Waals surface area (Å²) in [5.41, 5.74) is 0.740. The third-order valence-electron chi connectivity index (χ3n) is 6.57. The SMILES string of the molecule is CNC(=O)c1ccc(-c2cnc(N3CCN(C(=O)CO)[C@H](C)C3)nc2)c(F)c1NCc1ccccc1OC(F)F. The van der Waals surface area contributed by atoms with Crippen molar-refractivity contribution in [1.82, 2.24) is 20.2 Å². The van der Waals surface area contributed by atoms with E-state index in [4.69, 9.17) is 5.11 Å². The van der Waals surface area contributed by atoms with Crippen LogP contribution in [0.4, 0.5) is 24.8 Å². The summed E-state index contributed by atoms with van der Waals surface area (Å²) in [6.07, 6.45) is 2.93. The number of aliphatic hydroxyl groups excluding tert-OH is 1. The molecular weight excluding hydrogens is 529 g/mol. The Hall–Kier alpha value is -4.39. The van der Waals surface area contributed by atoms with E-state index in [1.807, 2.05) is 11.8 Å². The lowest BCUT2D eigenvalue weighted by atomic mass is 10.0. The Morgan fingerprint density at radius 2 is 1.88 bits per heavy atom. The van der Waals surface area contributed by atoms with Gasteiger partial charge in [-0.2, -0.15) is 8.78 Å². The number of carbonyl (C=O) groups is 2. The molecule has 1 aromatic heterocycles. The number of anilines is 2. The van der Waals surface area contributed by atoms with E-state index in [0.29, 0.717) is 36.7 Å². The molecule has 0 radical (unpaired) electrons. The molecule has 10 nitrogen and oxygen atoms in total. The Morgan fingerprint density at radius 1 is 1.15 bits per heavy atom. The number of hydrogen-bond donors (Lipinski definition) is 3. The number of aromatic nitrogens is 2. The Balaban J connectivity index is 1.58. The van der Waals surface area contributed by atoms with E-state index in [0.717, 1.165) is 0 Å². The first-order valence-corrected chi connectivity index (χ1v) is 12.5. The van der Waals surface area contributed by atoms with E-state index in [1.165, 1.54) is 43.7 Å². The molecular formula is C27H29F3N6O4. The molecule has 1 aliphatic heterocycles. The number of aliphatic hydroxyl groups is 1. The van der Waals surface area contributed by atoms with Crippen LogP contribution in [0.2, 0.25) is 0 Å². The number of hydrogen-bond acceptors (Lipinski definition) is 8. The molecule has 0 spiro atoms. The topological polar surface area (TPSA) is 120 Å². The van der Waals surface area contributed by atoms with Gasteiger partial charge in [-0.05, 0) is 19.1 Å². The second-order valence-corrected chi connectivity index (χ2v) is 9.08. The summed E-state index contributed by atoms with van der Waals surface area (Å²) in [5, 5.41) is 14.5. The summed E-state index contributed by atoms with van der Waals surface area (Å²) in [6, 6.07) is 8.84. The second kappa shape index (κ2) is 12.6. The number of amides is 2. The molecule has 13 heteroatoms. The highest BCUT2D eigenvalue weighted by atomic mass is 19.3. The molecule has 1 saturated heterocycles. The summed E-state index contributed by atoms with van der Waals surface area (Å²) >= 11 is 0. The summed E-state index contributed by atoms with van der Waals surface area (Å²) in [5.74, 6) is -1.28. The van der Waals surface area contributed by atoms with Crippen molar-refractivity contribution in [2.75, 3.05) is 43.5 Å². The monoisotopic (exact) mass is 558 g/mol. The number of carbonyl (C=O) groups excluding carboxylic acids is 2. The Kier molecular flexibility index (Phi) is 9.04. The number of benzene rings is 2. The van der Waals surface area contributed by atoms with E-state index < -0.39 is 24.9 Å². The van der Waals surface area contributed by atoms with Gasteiger partial charge >= 0.3 is 6.61 Å². The van der Waals surface area contributed by atoms with Crippen molar-refractivity contribution in [1.29, 1.82) is 0 Å². The van der Waals surface area contributed by atoms with Crippen molar-refractivity contribution in [3.63, 3.8) is 0 Å². The molecule has 3 N–H and O–H groups in total. The number of alkyl halides is 2. The lowest BCUT2D eigenvalue weighted by molar-refractivity contribution is -0.136. The first kappa shape index (κ1) is 28.6. The van der Waals surface area contributed by atoms with E-state index in [2.05, 4.69) is 25.3 Å². The second-order valence-electron chi connectivity index (χ2n) is 9.08. The molecule has 0 aliphatic carbocycles. The van der Waals surface area contributed by atoms with Gasteiger partial charge in [0.15, 0.2) is 5.82 Å². The minimum Gasteiger partial charge on any atom is -0.434 e. The first-order valence-electron chi connectivity index (χ1n) is 12.5. The van der Waals surface area contributed by atoms with Crippen LogP contribution in [-0.4, -0.2) is 77.7 Å². The molecule has 2 heterocycles. The third kappa shape index (κ3) is 6.25. The number of ether oxygens (including phenoxy) is 1. The van der Waals surface area contributed by atoms with Crippen LogP contribution in [-0.2, 0) is 11.3 Å². The zero-order valence-electron chi connectivity index (χ0n) is 21.9. The standard InChI is InChI=1S/C27H29F3N6O4/c1-16-14-35(9-10-36(16)22(38)15-37)27-33-12-18(13-34-27)19-7-8-20(25(39)31-2)24(23(19)28)32-11-17-5-3-4-6-21(17)40-26(29)30/h3-8,12-13,16,26,32,37H,9-11,14-15H2,1-2H3,(H,31,39)/t16-/m1/s1. The van der Waals surface area contributed by atoms with E-state index in [-0.39, 0.29) is 41.1 Å². The molecule has 2 aromatic carbocycles. The predicted molar refractivity (Wildman–Crippen MR) is 142 cm³/mol. The normalized spacial score (nSPS) is 15.2. The van der Waals surface area contributed by atoms with Gasteiger partial charge in [0.25, 0.3) is 5.91 Å². The molecule has 0 unspecified atom stereocenters. The number of rotatable bonds is 9. The quantitative estimate of drug-likeness (QED) is 0.367. The summed E-state index contributed by atoms with van der Waals surface area (Å²) in [6.45, 7) is -0.467. The van der Waals surface area contributed by atoms with Crippen LogP contribution in [0.25, 0.3) is 11.1 Å². The van der Waals surface area contributed by atoms with Crippen molar-refractivity contribution in [2.24, 2.45) is 0 Å². The molecule has 4 rings (SSSR count). The maximum Gasteiger partial charge on any atom is 0.387 e. The van der Waals surface area contributed by atoms with Crippen LogP contribution < -0.4 is 20.3 Å². The molecule has 0 bridgehead atoms. The molecule has 1 atom stereocenters. The van der Waals surface area contributed by atoms with E-state index in [9.17, 15) is 18.4 Å². The van der Waals surface area contributed by atoms with E-state index in [1.54, 1.807) is 17.0 Å². The largest absolute Gasteiger partial charge is 0.434 e. The van der Waals surface area contributed by atoms with Crippen molar-refractivity contribution < 1.29 is 32.6 Å². The average molecular weight is 559 g/mol. The van der Waals surface area contributed by atoms with Crippen molar-refractivity contribution >= 4 is 23.5 Å². The molecule has 0 saturated carbocycles. The summed E-state index contributed by atoms with van der Waals surface area (Å²) < 4.78 is 46.1. The van der Waals surface area contributed by atoms with Gasteiger partial charge in [0, 0.05) is 68.4 Å². The molecule has 40 heavy (non-hydrogen) atoms. The van der Waals surface area contributed by atoms with Gasteiger partial charge in [-0.3, -0.25) is 9.59 Å². The lowest BCUT2D eigenvalue weighted by Crippen LogP contribution is -2.55. The average Bonchev–Trinajstić information content (AvgIpc) is 2.96. The van der Waals surface area contributed by atoms with Crippen molar-refractivity contribution in [3.05, 3.63) is 65.7 Å². The third-order valence-corrected chi connectivity index (χ3v) is 6.57. The number of nitrogens with one attached hydrogen (secondary N) is 2. The minimum atomic E-state index is -3.03. The van der Waals surface area contributed by atoms with Crippen LogP contribution >= 0.6 is 0 Å². The molecule has 1 fully saturated rings. The van der Waals surface area contributed by atoms with Gasteiger partial charge < -0.3 is 30.3 Å². The zero-order valence-corrected chi connectivity index (χ0v) is 21.9. The molecule has 3 aromatic rings. The minimum absolute atomic E-state index is 0.0258. The van der Waals surface area contributed by atoms with Crippen molar-refractivity contribution in [3.8, 4) is 16.9 Å². The zero-order chi connectivity index (χ0) is 28.8. The van der Waals surface area contributed by atoms with Gasteiger partial charge in [-0.15, -0.1) is 0 Å². The highest BCUT2D eigenvalue weighted by Crippen LogP contribution is 2.32. The van der Waals surface area contributed by atoms with Gasteiger partial charge in [-0.25, -0.2) is 14.4 Å². The Bertz CT molecular complexity index is 1360. The Morgan fingerprint density at radius 3 is 2.52 bits per heavy atom. The van der Waals surface area contributed by atoms with Crippen LogP contribution in [0.3, 0.4) is 0 Å². The first-order chi connectivity index (χ1) is 19.2. The molecule has 212 valence electrons. The highest BCUT2D eigenvalue weighted by Gasteiger charge is 2.28.